The van der Waals surface area contributed by atoms with Gasteiger partial charge in [0.1, 0.15) is 0 Å². The van der Waals surface area contributed by atoms with Crippen LogP contribution in [0, 0.1) is 0 Å². The van der Waals surface area contributed by atoms with Crippen LogP contribution in [0.25, 0.3) is 0 Å². The summed E-state index contributed by atoms with van der Waals surface area (Å²) in [5.41, 5.74) is 0. The Kier molecular flexibility index (Phi) is 26.3. The van der Waals surface area contributed by atoms with Crippen molar-refractivity contribution in [1.29, 1.82) is 0 Å². The van der Waals surface area contributed by atoms with Gasteiger partial charge in [-0.1, -0.05) is 0 Å². The summed E-state index contributed by atoms with van der Waals surface area (Å²) in [4.78, 5) is 17.1. The Balaban J connectivity index is -0.0000000408. The molecular formula is C6H18Na2O10S2. The normalized spacial score (nSPS) is 26.5. The van der Waals surface area contributed by atoms with Crippen molar-refractivity contribution in [1.82, 2.24) is 0 Å². The maximum Gasteiger partial charge on any atom is 1.00 e. The molecule has 0 radical (unpaired) electrons. The first-order chi connectivity index (χ1) is 6.30. The van der Waals surface area contributed by atoms with E-state index in [1.54, 1.807) is 0 Å². The van der Waals surface area contributed by atoms with E-state index in [2.05, 4.69) is 0 Å². The smallest absolute Gasteiger partial charge is 1.00 e. The Labute approximate surface area is 169 Å². The predicted octanol–water partition coefficient (Wildman–Crippen LogP) is -10.1. The first-order valence-electron chi connectivity index (χ1n) is 3.50. The van der Waals surface area contributed by atoms with Crippen molar-refractivity contribution >= 4 is 35.5 Å². The summed E-state index contributed by atoms with van der Waals surface area (Å²) in [5, 5.41) is 36.0. The van der Waals surface area contributed by atoms with E-state index in [9.17, 15) is 19.8 Å². The Morgan fingerprint density at radius 3 is 1.10 bits per heavy atom. The van der Waals surface area contributed by atoms with Gasteiger partial charge in [-0.05, 0) is 0 Å². The molecule has 0 aromatic carbocycles. The van der Waals surface area contributed by atoms with Gasteiger partial charge in [-0.15, -0.1) is 23.5 Å². The van der Waals surface area contributed by atoms with E-state index < -0.39 is 21.8 Å². The van der Waals surface area contributed by atoms with Gasteiger partial charge >= 0.3 is 71.1 Å². The number of aliphatic hydroxyl groups is 2. The van der Waals surface area contributed by atoms with Gasteiger partial charge in [0.25, 0.3) is 0 Å². The number of hydrogen-bond donors (Lipinski definition) is 4. The third kappa shape index (κ3) is 8.75. The number of aliphatic carboxylic acids is 2. The molecule has 20 heavy (non-hydrogen) atoms. The summed E-state index contributed by atoms with van der Waals surface area (Å²) in [6.07, 6.45) is 0. The number of carbonyl (C=O) groups is 2. The number of hydrogen-bond acceptors (Lipinski definition) is 6. The molecule has 0 aromatic heterocycles. The molecule has 0 aliphatic carbocycles. The van der Waals surface area contributed by atoms with Crippen LogP contribution in [0.1, 0.15) is 2.85 Å². The zero-order chi connectivity index (χ0) is 11.0. The van der Waals surface area contributed by atoms with Crippen molar-refractivity contribution < 1.29 is 114 Å². The van der Waals surface area contributed by atoms with Crippen molar-refractivity contribution in [2.75, 3.05) is 11.5 Å². The van der Waals surface area contributed by atoms with Gasteiger partial charge in [0.05, 0.1) is 0 Å². The van der Waals surface area contributed by atoms with Crippen LogP contribution in [0.15, 0.2) is 0 Å². The zero-order valence-corrected chi connectivity index (χ0v) is 16.5. The number of carboxylic acids is 2. The molecule has 0 spiro atoms. The molecule has 10 nitrogen and oxygen atoms in total. The first kappa shape index (κ1) is 37.6. The number of rotatable bonds is 2. The fraction of sp³-hybridized carbons (Fsp3) is 0.667. The monoisotopic (exact) mass is 360 g/mol. The van der Waals surface area contributed by atoms with Crippen LogP contribution in [0.5, 0.6) is 0 Å². The minimum atomic E-state index is -2.01. The van der Waals surface area contributed by atoms with E-state index in [0.29, 0.717) is 23.5 Å². The molecule has 0 amide bonds. The summed E-state index contributed by atoms with van der Waals surface area (Å²) in [5.74, 6) is -3.59. The second-order valence-electron chi connectivity index (χ2n) is 2.76. The van der Waals surface area contributed by atoms with Crippen LogP contribution >= 0.6 is 23.5 Å². The molecule has 1 aliphatic rings. The van der Waals surface area contributed by atoms with Crippen molar-refractivity contribution in [3.8, 4) is 0 Å². The maximum atomic E-state index is 10.5. The van der Waals surface area contributed by atoms with Crippen LogP contribution in [0.4, 0.5) is 0 Å². The molecule has 12 N–H and O–H groups in total. The van der Waals surface area contributed by atoms with Crippen LogP contribution in [0.2, 0.25) is 0 Å². The number of thioether (sulfide) groups is 2. The van der Waals surface area contributed by atoms with Gasteiger partial charge in [0.15, 0.2) is 0 Å². The molecule has 1 fully saturated rings. The molecule has 2 atom stereocenters. The molecule has 14 heteroatoms. The van der Waals surface area contributed by atoms with Crippen molar-refractivity contribution in [2.24, 2.45) is 0 Å². The molecule has 1 saturated heterocycles. The van der Waals surface area contributed by atoms with Crippen molar-refractivity contribution in [3.05, 3.63) is 0 Å². The fourth-order valence-corrected chi connectivity index (χ4v) is 3.15. The van der Waals surface area contributed by atoms with Crippen LogP contribution in [-0.4, -0.2) is 75.6 Å². The molecule has 2 unspecified atom stereocenters. The van der Waals surface area contributed by atoms with Gasteiger partial charge in [0, 0.05) is 11.5 Å². The predicted molar refractivity (Wildman–Crippen MR) is 66.8 cm³/mol. The largest absolute Gasteiger partial charge is 1.00 e. The van der Waals surface area contributed by atoms with E-state index in [1.165, 1.54) is 0 Å². The summed E-state index contributed by atoms with van der Waals surface area (Å²) in [6, 6.07) is 0. The van der Waals surface area contributed by atoms with E-state index in [4.69, 9.17) is 10.2 Å². The Hall–Kier alpha value is 1.40. The minimum Gasteiger partial charge on any atom is -1.00 e. The van der Waals surface area contributed by atoms with E-state index in [0.717, 1.165) is 0 Å². The van der Waals surface area contributed by atoms with Crippen LogP contribution in [-0.2, 0) is 9.59 Å². The van der Waals surface area contributed by atoms with Gasteiger partial charge < -0.3 is 45.2 Å². The second-order valence-corrected chi connectivity index (χ2v) is 5.26. The molecule has 116 valence electrons. The summed E-state index contributed by atoms with van der Waals surface area (Å²) in [6.45, 7) is 0. The minimum absolute atomic E-state index is 0. The van der Waals surface area contributed by atoms with Gasteiger partial charge in [-0.2, -0.15) is 0 Å². The Bertz CT molecular complexity index is 265. The topological polar surface area (TPSA) is 241 Å². The van der Waals surface area contributed by atoms with Crippen LogP contribution < -0.4 is 59.1 Å². The molecular weight excluding hydrogens is 342 g/mol. The molecule has 1 heterocycles. The van der Waals surface area contributed by atoms with E-state index in [-0.39, 0.29) is 95.4 Å². The molecule has 1 rings (SSSR count). The fourth-order valence-electron chi connectivity index (χ4n) is 0.765. The first-order valence-corrected chi connectivity index (χ1v) is 5.47. The molecule has 0 bridgehead atoms. The Morgan fingerprint density at radius 2 is 1.00 bits per heavy atom. The maximum absolute atomic E-state index is 10.5. The Morgan fingerprint density at radius 1 is 0.800 bits per heavy atom. The number of carboxylic acid groups (broad SMARTS) is 2. The molecule has 0 aromatic rings. The van der Waals surface area contributed by atoms with Gasteiger partial charge in [-0.25, -0.2) is 9.59 Å². The SMILES string of the molecule is O.O.O.O.O=C(O)C1(O)CSC(O)(C(=O)O)CS1.[H-].[H-].[Na+].[Na+]. The molecule has 0 saturated carbocycles. The quantitative estimate of drug-likeness (QED) is 0.343. The second kappa shape index (κ2) is 14.0. The van der Waals surface area contributed by atoms with Gasteiger partial charge in [-0.3, -0.25) is 0 Å². The van der Waals surface area contributed by atoms with Gasteiger partial charge in [0.2, 0.25) is 9.87 Å². The average molecular weight is 360 g/mol. The summed E-state index contributed by atoms with van der Waals surface area (Å²) in [7, 11) is 0. The molecule has 1 aliphatic heterocycles. The van der Waals surface area contributed by atoms with E-state index >= 15 is 0 Å². The van der Waals surface area contributed by atoms with Crippen molar-refractivity contribution in [3.63, 3.8) is 0 Å². The summed E-state index contributed by atoms with van der Waals surface area (Å²) < 4.78 is 0. The average Bonchev–Trinajstić information content (AvgIpc) is 2.10. The third-order valence-corrected chi connectivity index (χ3v) is 4.76. The van der Waals surface area contributed by atoms with Crippen molar-refractivity contribution in [2.45, 2.75) is 9.87 Å². The third-order valence-electron chi connectivity index (χ3n) is 1.68. The van der Waals surface area contributed by atoms with Crippen LogP contribution in [0.3, 0.4) is 0 Å². The zero-order valence-electron chi connectivity index (χ0n) is 12.8. The standard InChI is InChI=1S/C6H8O6S2.2Na.4H2O.2H/c7-3(8)5(11)1-13-6(12,2-14-5)4(9)10;;;;;;;;/h11-12H,1-2H2,(H,7,8)(H,9,10);;;4*1H2;;/q;2*+1;;;;;2*-1. The summed E-state index contributed by atoms with van der Waals surface area (Å²) >= 11 is 1.03. The van der Waals surface area contributed by atoms with E-state index in [1.807, 2.05) is 0 Å².